The number of nitrogens with zero attached hydrogens (tertiary/aromatic N) is 1. The number of nitrogens with one attached hydrogen (secondary N) is 1. The first-order chi connectivity index (χ1) is 10.6. The van der Waals surface area contributed by atoms with Gasteiger partial charge in [0.1, 0.15) is 6.04 Å². The minimum Gasteiger partial charge on any atom is -0.480 e. The van der Waals surface area contributed by atoms with E-state index in [1.807, 2.05) is 12.1 Å². The van der Waals surface area contributed by atoms with Gasteiger partial charge in [-0.15, -0.1) is 0 Å². The molecule has 0 fully saturated rings. The van der Waals surface area contributed by atoms with Gasteiger partial charge in [0.2, 0.25) is 0 Å². The Morgan fingerprint density at radius 2 is 2.00 bits per heavy atom. The van der Waals surface area contributed by atoms with E-state index in [2.05, 4.69) is 5.32 Å². The highest BCUT2D eigenvalue weighted by Crippen LogP contribution is 2.17. The number of hydrogen-bond acceptors (Lipinski definition) is 4. The van der Waals surface area contributed by atoms with Gasteiger partial charge in [-0.25, -0.2) is 4.79 Å². The number of carboxylic acids is 1. The van der Waals surface area contributed by atoms with Crippen LogP contribution in [0.2, 0.25) is 0 Å². The molecule has 22 heavy (non-hydrogen) atoms. The maximum Gasteiger partial charge on any atom is 0.326 e. The molecule has 0 radical (unpaired) electrons. The molecule has 0 heterocycles. The number of carboxylic acid groups (broad SMARTS) is 1. The number of rotatable bonds is 9. The third-order valence-electron chi connectivity index (χ3n) is 3.22. The van der Waals surface area contributed by atoms with Crippen LogP contribution >= 0.6 is 0 Å². The molecule has 0 aromatic heterocycles. The second-order valence-corrected chi connectivity index (χ2v) is 4.83. The summed E-state index contributed by atoms with van der Waals surface area (Å²) in [7, 11) is 1.40. The van der Waals surface area contributed by atoms with E-state index >= 15 is 0 Å². The first-order valence-corrected chi connectivity index (χ1v) is 7.08. The van der Waals surface area contributed by atoms with Crippen LogP contribution in [0.3, 0.4) is 0 Å². The van der Waals surface area contributed by atoms with Crippen molar-refractivity contribution in [2.75, 3.05) is 7.11 Å². The van der Waals surface area contributed by atoms with Gasteiger partial charge in [-0.3, -0.25) is 4.79 Å². The van der Waals surface area contributed by atoms with Crippen molar-refractivity contribution in [3.8, 4) is 6.07 Å². The van der Waals surface area contributed by atoms with Crippen molar-refractivity contribution in [3.05, 3.63) is 35.9 Å². The van der Waals surface area contributed by atoms with Crippen LogP contribution in [0.25, 0.3) is 0 Å². The average Bonchev–Trinajstić information content (AvgIpc) is 2.52. The van der Waals surface area contributed by atoms with Crippen molar-refractivity contribution in [3.63, 3.8) is 0 Å². The number of nitriles is 1. The fourth-order valence-electron chi connectivity index (χ4n) is 2.08. The molecule has 1 aromatic rings. The summed E-state index contributed by atoms with van der Waals surface area (Å²) in [4.78, 5) is 23.5. The van der Waals surface area contributed by atoms with Gasteiger partial charge < -0.3 is 15.2 Å². The molecule has 2 N–H and O–H groups in total. The minimum absolute atomic E-state index is 0.286. The minimum atomic E-state index is -1.09. The Labute approximate surface area is 129 Å². The Morgan fingerprint density at radius 3 is 2.55 bits per heavy atom. The summed E-state index contributed by atoms with van der Waals surface area (Å²) < 4.78 is 5.17. The van der Waals surface area contributed by atoms with Crippen LogP contribution < -0.4 is 5.32 Å². The fraction of sp³-hybridized carbons (Fsp3) is 0.438. The summed E-state index contributed by atoms with van der Waals surface area (Å²) in [6, 6.07) is 9.91. The largest absolute Gasteiger partial charge is 0.480 e. The number of carbonyl (C=O) groups is 2. The maximum absolute atomic E-state index is 12.2. The van der Waals surface area contributed by atoms with Crippen molar-refractivity contribution in [2.45, 2.75) is 37.8 Å². The van der Waals surface area contributed by atoms with Crippen molar-refractivity contribution in [1.29, 1.82) is 5.26 Å². The number of hydrogen-bond donors (Lipinski definition) is 2. The molecule has 118 valence electrons. The highest BCUT2D eigenvalue weighted by atomic mass is 16.5. The molecule has 6 nitrogen and oxygen atoms in total. The van der Waals surface area contributed by atoms with E-state index in [1.165, 1.54) is 7.11 Å². The maximum atomic E-state index is 12.2. The lowest BCUT2D eigenvalue weighted by Crippen LogP contribution is -2.43. The molecular weight excluding hydrogens is 284 g/mol. The molecule has 1 amide bonds. The van der Waals surface area contributed by atoms with Crippen LogP contribution in [-0.2, 0) is 14.3 Å². The summed E-state index contributed by atoms with van der Waals surface area (Å²) >= 11 is 0. The van der Waals surface area contributed by atoms with Gasteiger partial charge in [0.15, 0.2) is 6.10 Å². The lowest BCUT2D eigenvalue weighted by molar-refractivity contribution is -0.144. The molecule has 0 bridgehead atoms. The number of carbonyl (C=O) groups excluding carboxylic acids is 1. The van der Waals surface area contributed by atoms with E-state index in [4.69, 9.17) is 10.00 Å². The van der Waals surface area contributed by atoms with Crippen LogP contribution in [0.5, 0.6) is 0 Å². The Balaban J connectivity index is 2.65. The van der Waals surface area contributed by atoms with E-state index in [-0.39, 0.29) is 6.42 Å². The highest BCUT2D eigenvalue weighted by molar-refractivity contribution is 5.87. The van der Waals surface area contributed by atoms with Gasteiger partial charge in [-0.2, -0.15) is 5.26 Å². The van der Waals surface area contributed by atoms with Gasteiger partial charge in [0.05, 0.1) is 6.07 Å². The van der Waals surface area contributed by atoms with Gasteiger partial charge in [-0.05, 0) is 24.8 Å². The van der Waals surface area contributed by atoms with Gasteiger partial charge in [-0.1, -0.05) is 30.3 Å². The van der Waals surface area contributed by atoms with Gasteiger partial charge >= 0.3 is 5.97 Å². The third kappa shape index (κ3) is 5.54. The molecule has 0 aliphatic heterocycles. The van der Waals surface area contributed by atoms with Crippen molar-refractivity contribution in [2.24, 2.45) is 0 Å². The van der Waals surface area contributed by atoms with Crippen molar-refractivity contribution >= 4 is 11.9 Å². The Kier molecular flexibility index (Phi) is 7.65. The topological polar surface area (TPSA) is 99.4 Å². The van der Waals surface area contributed by atoms with Crippen LogP contribution in [0.15, 0.2) is 30.3 Å². The summed E-state index contributed by atoms with van der Waals surface area (Å²) in [6.45, 7) is 0. The zero-order chi connectivity index (χ0) is 16.4. The molecule has 1 aromatic carbocycles. The van der Waals surface area contributed by atoms with Crippen LogP contribution in [0, 0.1) is 11.3 Å². The van der Waals surface area contributed by atoms with Crippen LogP contribution in [-0.4, -0.2) is 30.1 Å². The molecule has 1 rings (SSSR count). The van der Waals surface area contributed by atoms with Crippen molar-refractivity contribution < 1.29 is 19.4 Å². The Morgan fingerprint density at radius 1 is 1.32 bits per heavy atom. The average molecular weight is 304 g/mol. The summed E-state index contributed by atoms with van der Waals surface area (Å²) in [6.07, 6.45) is 0.997. The first-order valence-electron chi connectivity index (χ1n) is 7.08. The lowest BCUT2D eigenvalue weighted by atomic mass is 10.1. The lowest BCUT2D eigenvalue weighted by Gasteiger charge is -2.19. The smallest absolute Gasteiger partial charge is 0.326 e. The van der Waals surface area contributed by atoms with Crippen LogP contribution in [0.4, 0.5) is 0 Å². The fourth-order valence-corrected chi connectivity index (χ4v) is 2.08. The van der Waals surface area contributed by atoms with Gasteiger partial charge in [0.25, 0.3) is 5.91 Å². The van der Waals surface area contributed by atoms with E-state index in [1.54, 1.807) is 24.3 Å². The normalized spacial score (nSPS) is 12.9. The zero-order valence-electron chi connectivity index (χ0n) is 12.5. The molecule has 0 saturated carbocycles. The third-order valence-corrected chi connectivity index (χ3v) is 3.22. The summed E-state index contributed by atoms with van der Waals surface area (Å²) in [5, 5.41) is 20.1. The monoisotopic (exact) mass is 304 g/mol. The second kappa shape index (κ2) is 9.53. The summed E-state index contributed by atoms with van der Waals surface area (Å²) in [5.41, 5.74) is 0.663. The van der Waals surface area contributed by atoms with Gasteiger partial charge in [0, 0.05) is 13.5 Å². The summed E-state index contributed by atoms with van der Waals surface area (Å²) in [5.74, 6) is -1.57. The highest BCUT2D eigenvalue weighted by Gasteiger charge is 2.25. The zero-order valence-corrected chi connectivity index (χ0v) is 12.5. The molecule has 0 aliphatic carbocycles. The van der Waals surface area contributed by atoms with E-state index < -0.39 is 24.0 Å². The molecular formula is C16H20N2O4. The van der Waals surface area contributed by atoms with Crippen molar-refractivity contribution in [1.82, 2.24) is 5.32 Å². The number of amides is 1. The van der Waals surface area contributed by atoms with Crippen LogP contribution in [0.1, 0.15) is 37.4 Å². The molecule has 0 unspecified atom stereocenters. The number of unbranched alkanes of at least 4 members (excludes halogenated alkanes) is 2. The molecule has 2 atom stereocenters. The molecule has 6 heteroatoms. The quantitative estimate of drug-likeness (QED) is 0.680. The molecule has 0 spiro atoms. The second-order valence-electron chi connectivity index (χ2n) is 4.83. The SMILES string of the molecule is CO[C@H](C(=O)N[C@H](CCCCC#N)C(=O)O)c1ccccc1. The number of methoxy groups -OCH3 is 1. The first kappa shape index (κ1) is 17.7. The Bertz CT molecular complexity index is 525. The molecule has 0 aliphatic rings. The van der Waals surface area contributed by atoms with E-state index in [0.717, 1.165) is 0 Å². The predicted molar refractivity (Wildman–Crippen MR) is 79.8 cm³/mol. The number of benzene rings is 1. The predicted octanol–water partition coefficient (Wildman–Crippen LogP) is 2.03. The number of ether oxygens (including phenoxy) is 1. The Hall–Kier alpha value is -2.39. The van der Waals surface area contributed by atoms with E-state index in [0.29, 0.717) is 24.8 Å². The number of aliphatic carboxylic acids is 1. The molecule has 0 saturated heterocycles. The van der Waals surface area contributed by atoms with E-state index in [9.17, 15) is 14.7 Å². The standard InChI is InChI=1S/C16H20N2O4/c1-22-14(12-8-4-2-5-9-12)15(19)18-13(16(20)21)10-6-3-7-11-17/h2,4-5,8-9,13-14H,3,6-7,10H2,1H3,(H,18,19)(H,20,21)/t13-,14+/m1/s1.